The Morgan fingerprint density at radius 1 is 0.633 bits per heavy atom. The first-order chi connectivity index (χ1) is 23.1. The Morgan fingerprint density at radius 3 is 1.73 bits per heavy atom. The van der Waals surface area contributed by atoms with E-state index in [1.165, 1.54) is 78.1 Å². The van der Waals surface area contributed by atoms with Gasteiger partial charge in [-0.3, -0.25) is 9.80 Å². The summed E-state index contributed by atoms with van der Waals surface area (Å²) in [4.78, 5) is 5.16. The predicted octanol–water partition coefficient (Wildman–Crippen LogP) is 11.7. The molecule has 246 valence electrons. The van der Waals surface area contributed by atoms with E-state index in [9.17, 15) is 0 Å². The Morgan fingerprint density at radius 2 is 1.16 bits per heavy atom. The van der Waals surface area contributed by atoms with E-state index >= 15 is 0 Å². The Kier molecular flexibility index (Phi) is 10.4. The minimum atomic E-state index is -1.19. The standard InChI is InChI=1S/C43H40Cl2N2P.Ru/c1-27-21-29(3)41(30(4)22-27)46-19-20-47(42-31(5)23-28(2)24-32(42)6)43(46)48(39-18-12-17-38(44)40(39)45)26-37-35-16-11-10-15-34(35)25-36(37)33-13-8-7-9-14-33;/h7-18,21-26H,19-20H2,1-6H3;/q+1;+2. The summed E-state index contributed by atoms with van der Waals surface area (Å²) < 4.78 is 0. The Balaban J connectivity index is 0.00000417. The number of allylic oxidation sites excluding steroid dienone is 2. The van der Waals surface area contributed by atoms with Gasteiger partial charge >= 0.3 is 25.0 Å². The van der Waals surface area contributed by atoms with Gasteiger partial charge in [-0.2, -0.15) is 0 Å². The fourth-order valence-electron chi connectivity index (χ4n) is 7.71. The van der Waals surface area contributed by atoms with Gasteiger partial charge in [0.2, 0.25) is 7.55 Å². The van der Waals surface area contributed by atoms with Crippen molar-refractivity contribution in [3.8, 4) is 0 Å². The van der Waals surface area contributed by atoms with Crippen LogP contribution in [0.1, 0.15) is 50.1 Å². The van der Waals surface area contributed by atoms with Crippen LogP contribution in [0.3, 0.4) is 0 Å². The third-order valence-corrected chi connectivity index (χ3v) is 12.7. The minimum Gasteiger partial charge on any atom is -0.289 e. The molecule has 1 heterocycles. The first-order valence-electron chi connectivity index (χ1n) is 16.5. The maximum Gasteiger partial charge on any atom is 2.00 e. The maximum atomic E-state index is 7.25. The molecule has 1 aliphatic carbocycles. The average molecular weight is 788 g/mol. The van der Waals surface area contributed by atoms with Crippen LogP contribution in [-0.4, -0.2) is 18.6 Å². The van der Waals surface area contributed by atoms with Gasteiger partial charge in [0, 0.05) is 18.7 Å². The summed E-state index contributed by atoms with van der Waals surface area (Å²) in [6, 6.07) is 34.8. The second-order valence-corrected chi connectivity index (χ2v) is 15.8. The van der Waals surface area contributed by atoms with Crippen molar-refractivity contribution in [2.45, 2.75) is 41.5 Å². The second-order valence-electron chi connectivity index (χ2n) is 13.1. The van der Waals surface area contributed by atoms with Crippen molar-refractivity contribution in [2.24, 2.45) is 0 Å². The Hall–Kier alpha value is -3.45. The summed E-state index contributed by atoms with van der Waals surface area (Å²) in [5.74, 6) is 2.51. The monoisotopic (exact) mass is 787 g/mol. The molecular formula is C43H40Cl2N2PRu+3. The molecule has 0 bridgehead atoms. The summed E-state index contributed by atoms with van der Waals surface area (Å²) in [6.45, 7) is 15.1. The van der Waals surface area contributed by atoms with Crippen molar-refractivity contribution in [1.29, 1.82) is 0 Å². The van der Waals surface area contributed by atoms with Crippen molar-refractivity contribution >= 4 is 70.2 Å². The molecule has 1 saturated heterocycles. The van der Waals surface area contributed by atoms with Gasteiger partial charge in [0.05, 0.1) is 16.4 Å². The number of hydrogen-bond acceptors (Lipinski definition) is 0. The van der Waals surface area contributed by atoms with E-state index in [-0.39, 0.29) is 19.5 Å². The van der Waals surface area contributed by atoms with Crippen LogP contribution >= 0.6 is 30.7 Å². The molecule has 7 rings (SSSR count). The number of aryl methyl sites for hydroxylation is 6. The molecular weight excluding hydrogens is 747 g/mol. The molecule has 6 heteroatoms. The van der Waals surface area contributed by atoms with E-state index in [1.54, 1.807) is 0 Å². The van der Waals surface area contributed by atoms with Gasteiger partial charge in [0.15, 0.2) is 5.30 Å². The Bertz CT molecular complexity index is 2070. The zero-order valence-electron chi connectivity index (χ0n) is 28.8. The van der Waals surface area contributed by atoms with Crippen molar-refractivity contribution in [3.63, 3.8) is 0 Å². The molecule has 0 amide bonds. The van der Waals surface area contributed by atoms with E-state index < -0.39 is 7.55 Å². The van der Waals surface area contributed by atoms with Gasteiger partial charge in [0.1, 0.15) is 10.8 Å². The summed E-state index contributed by atoms with van der Waals surface area (Å²) in [5, 5.41) is 2.25. The normalized spacial score (nSPS) is 15.0. The van der Waals surface area contributed by atoms with Gasteiger partial charge in [-0.15, -0.1) is 0 Å². The van der Waals surface area contributed by atoms with Crippen molar-refractivity contribution in [1.82, 2.24) is 0 Å². The van der Waals surface area contributed by atoms with E-state index in [1.807, 2.05) is 12.1 Å². The molecule has 1 unspecified atom stereocenters. The quantitative estimate of drug-likeness (QED) is 0.129. The summed E-state index contributed by atoms with van der Waals surface area (Å²) in [6.07, 6.45) is 2.33. The number of benzene rings is 5. The molecule has 1 atom stereocenters. The third kappa shape index (κ3) is 6.60. The molecule has 2 aliphatic rings. The first kappa shape index (κ1) is 35.4. The molecule has 0 N–H and O–H groups in total. The Labute approximate surface area is 315 Å². The maximum absolute atomic E-state index is 7.25. The fourth-order valence-corrected chi connectivity index (χ4v) is 10.9. The van der Waals surface area contributed by atoms with Crippen molar-refractivity contribution < 1.29 is 19.5 Å². The van der Waals surface area contributed by atoms with Gasteiger partial charge in [0.25, 0.3) is 0 Å². The summed E-state index contributed by atoms with van der Waals surface area (Å²) >= 11 is 14.1. The first-order valence-corrected chi connectivity index (χ1v) is 18.7. The van der Waals surface area contributed by atoms with Crippen LogP contribution < -0.4 is 15.1 Å². The smallest absolute Gasteiger partial charge is 0.289 e. The van der Waals surface area contributed by atoms with Gasteiger partial charge < -0.3 is 0 Å². The van der Waals surface area contributed by atoms with Crippen LogP contribution in [-0.2, 0) is 19.5 Å². The fraction of sp³-hybridized carbons (Fsp3) is 0.186. The SMILES string of the molecule is Cc1cc(C)c(N2CCN(c3c(C)cc(C)cc3C)C2=[P+](C=C2C(c3ccccc3)=Cc3ccccc32)c2cccc(Cl)c2Cl)c(C)c1.[Ru+2]. The number of nitrogens with zero attached hydrogens (tertiary/aromatic N) is 2. The molecule has 0 saturated carbocycles. The molecule has 0 radical (unpaired) electrons. The van der Waals surface area contributed by atoms with Crippen LogP contribution in [0.5, 0.6) is 0 Å². The van der Waals surface area contributed by atoms with Crippen molar-refractivity contribution in [2.75, 3.05) is 22.9 Å². The third-order valence-electron chi connectivity index (χ3n) is 9.43. The zero-order valence-corrected chi connectivity index (χ0v) is 32.9. The van der Waals surface area contributed by atoms with Crippen LogP contribution in [0, 0.1) is 41.5 Å². The number of hydrogen-bond donors (Lipinski definition) is 0. The molecule has 0 spiro atoms. The second kappa shape index (κ2) is 14.4. The van der Waals surface area contributed by atoms with Gasteiger partial charge in [-0.25, -0.2) is 0 Å². The summed E-state index contributed by atoms with van der Waals surface area (Å²) in [7, 11) is -1.19. The molecule has 5 aromatic carbocycles. The van der Waals surface area contributed by atoms with Crippen LogP contribution in [0.2, 0.25) is 10.0 Å². The van der Waals surface area contributed by atoms with Gasteiger partial charge in [-0.05, 0) is 104 Å². The largest absolute Gasteiger partial charge is 2.00 e. The van der Waals surface area contributed by atoms with Crippen molar-refractivity contribution in [3.05, 3.63) is 163 Å². The number of halogens is 2. The van der Waals surface area contributed by atoms with Crippen LogP contribution in [0.4, 0.5) is 11.4 Å². The number of anilines is 2. The van der Waals surface area contributed by atoms with E-state index in [2.05, 4.69) is 148 Å². The van der Waals surface area contributed by atoms with Crippen LogP contribution in [0.15, 0.2) is 103 Å². The molecule has 5 aromatic rings. The zero-order chi connectivity index (χ0) is 33.7. The molecule has 2 nitrogen and oxygen atoms in total. The average Bonchev–Trinajstić information content (AvgIpc) is 3.62. The number of fused-ring (bicyclic) bond motifs is 1. The molecule has 1 aliphatic heterocycles. The molecule has 0 aromatic heterocycles. The topological polar surface area (TPSA) is 6.48 Å². The van der Waals surface area contributed by atoms with E-state index in [0.29, 0.717) is 10.0 Å². The van der Waals surface area contributed by atoms with Gasteiger partial charge in [-0.1, -0.05) is 119 Å². The number of rotatable bonds is 5. The summed E-state index contributed by atoms with van der Waals surface area (Å²) in [5.41, 5.74) is 17.6. The molecule has 49 heavy (non-hydrogen) atoms. The molecule has 1 fully saturated rings. The predicted molar refractivity (Wildman–Crippen MR) is 213 cm³/mol. The minimum absolute atomic E-state index is 0. The van der Waals surface area contributed by atoms with Crippen LogP contribution in [0.25, 0.3) is 17.2 Å². The van der Waals surface area contributed by atoms with E-state index in [4.69, 9.17) is 23.2 Å². The van der Waals surface area contributed by atoms with E-state index in [0.717, 1.165) is 18.4 Å².